The number of anilines is 2. The minimum absolute atomic E-state index is 0.0385. The highest BCUT2D eigenvalue weighted by atomic mass is 19.3. The maximum Gasteiger partial charge on any atom is 0.291 e. The first kappa shape index (κ1) is 25.1. The fraction of sp³-hybridized carbons (Fsp3) is 0.346. The number of benzene rings is 1. The second-order valence-electron chi connectivity index (χ2n) is 9.50. The molecule has 0 bridgehead atoms. The summed E-state index contributed by atoms with van der Waals surface area (Å²) in [6.07, 6.45) is 2.08. The number of ether oxygens (including phenoxy) is 1. The predicted octanol–water partition coefficient (Wildman–Crippen LogP) is 4.50. The maximum atomic E-state index is 14.9. The van der Waals surface area contributed by atoms with Crippen LogP contribution in [0.3, 0.4) is 0 Å². The molecule has 2 aliphatic heterocycles. The molecule has 0 aliphatic carbocycles. The topological polar surface area (TPSA) is 93.4 Å². The maximum absolute atomic E-state index is 14.9. The number of rotatable bonds is 4. The number of carbonyl (C=O) groups excluding carboxylic acids is 1. The van der Waals surface area contributed by atoms with Crippen molar-refractivity contribution >= 4 is 17.3 Å². The van der Waals surface area contributed by atoms with Gasteiger partial charge < -0.3 is 20.7 Å². The molecule has 1 atom stereocenters. The van der Waals surface area contributed by atoms with E-state index in [4.69, 9.17) is 10.5 Å². The van der Waals surface area contributed by atoms with E-state index in [2.05, 4.69) is 15.3 Å². The number of carbonyl (C=O) groups is 1. The smallest absolute Gasteiger partial charge is 0.291 e. The van der Waals surface area contributed by atoms with Gasteiger partial charge in [-0.2, -0.15) is 8.78 Å². The van der Waals surface area contributed by atoms with Gasteiger partial charge in [0.15, 0.2) is 5.66 Å². The Kier molecular flexibility index (Phi) is 5.95. The Morgan fingerprint density at radius 1 is 1.19 bits per heavy atom. The van der Waals surface area contributed by atoms with E-state index in [0.29, 0.717) is 23.9 Å². The van der Waals surface area contributed by atoms with Crippen LogP contribution in [0.1, 0.15) is 34.2 Å². The molecular formula is C26H25F4N5O2. The molecule has 0 radical (unpaired) electrons. The predicted molar refractivity (Wildman–Crippen MR) is 130 cm³/mol. The number of aromatic nitrogens is 2. The molecule has 1 amide bonds. The highest BCUT2D eigenvalue weighted by Crippen LogP contribution is 2.45. The van der Waals surface area contributed by atoms with Gasteiger partial charge in [0.1, 0.15) is 5.69 Å². The van der Waals surface area contributed by atoms with Gasteiger partial charge in [-0.1, -0.05) is 6.07 Å². The fourth-order valence-electron chi connectivity index (χ4n) is 4.69. The van der Waals surface area contributed by atoms with Crippen LogP contribution < -0.4 is 16.0 Å². The highest BCUT2D eigenvalue weighted by Gasteiger charge is 2.60. The number of hydrogen-bond acceptors (Lipinski definition) is 6. The van der Waals surface area contributed by atoms with Crippen molar-refractivity contribution in [1.82, 2.24) is 9.97 Å². The first-order chi connectivity index (χ1) is 17.4. The molecule has 3 aromatic rings. The Bertz CT molecular complexity index is 1380. The standard InChI is InChI=1S/C26H25F4N5O2/c1-15-3-4-18(34-23(36)16-5-6-32-22(10-16)24(2,27)28)11-19(15)17-9-21-20(33-13-17)12-25(29,30)26(31)14-37-8-7-35(21)26/h3-6,9-11,13H,7-8,12,14,31H2,1-2H3,(H,34,36). The van der Waals surface area contributed by atoms with Crippen molar-refractivity contribution in [3.63, 3.8) is 0 Å². The molecule has 3 N–H and O–H groups in total. The van der Waals surface area contributed by atoms with Crippen LogP contribution in [0.15, 0.2) is 48.8 Å². The zero-order chi connectivity index (χ0) is 26.6. The van der Waals surface area contributed by atoms with E-state index in [9.17, 15) is 22.4 Å². The summed E-state index contributed by atoms with van der Waals surface area (Å²) in [5, 5.41) is 2.72. The van der Waals surface area contributed by atoms with Crippen LogP contribution in [-0.2, 0) is 17.1 Å². The molecule has 4 heterocycles. The lowest BCUT2D eigenvalue weighted by atomic mass is 9.88. The third-order valence-electron chi connectivity index (χ3n) is 6.80. The third kappa shape index (κ3) is 4.42. The van der Waals surface area contributed by atoms with E-state index in [0.717, 1.165) is 23.4 Å². The second-order valence-corrected chi connectivity index (χ2v) is 9.50. The molecule has 0 saturated carbocycles. The van der Waals surface area contributed by atoms with Gasteiger partial charge >= 0.3 is 0 Å². The lowest BCUT2D eigenvalue weighted by Crippen LogP contribution is -2.75. The minimum atomic E-state index is -3.22. The number of halogens is 4. The number of amides is 1. The van der Waals surface area contributed by atoms with E-state index >= 15 is 0 Å². The second kappa shape index (κ2) is 8.77. The number of hydrogen-bond donors (Lipinski definition) is 2. The molecular weight excluding hydrogens is 490 g/mol. The Hall–Kier alpha value is -3.57. The van der Waals surface area contributed by atoms with Crippen molar-refractivity contribution in [3.05, 3.63) is 71.3 Å². The molecule has 1 saturated heterocycles. The van der Waals surface area contributed by atoms with Gasteiger partial charge in [0, 0.05) is 42.7 Å². The van der Waals surface area contributed by atoms with Crippen LogP contribution in [0.25, 0.3) is 11.1 Å². The molecule has 2 aliphatic rings. The van der Waals surface area contributed by atoms with Gasteiger partial charge in [-0.05, 0) is 48.4 Å². The Labute approximate surface area is 210 Å². The molecule has 7 nitrogen and oxygen atoms in total. The number of nitrogens with two attached hydrogens (primary N) is 1. The Balaban J connectivity index is 1.46. The highest BCUT2D eigenvalue weighted by molar-refractivity contribution is 6.04. The first-order valence-electron chi connectivity index (χ1n) is 11.7. The third-order valence-corrected chi connectivity index (χ3v) is 6.80. The minimum Gasteiger partial charge on any atom is -0.376 e. The summed E-state index contributed by atoms with van der Waals surface area (Å²) >= 11 is 0. The van der Waals surface area contributed by atoms with Crippen molar-refractivity contribution in [2.45, 2.75) is 37.8 Å². The van der Waals surface area contributed by atoms with Gasteiger partial charge in [0.2, 0.25) is 0 Å². The van der Waals surface area contributed by atoms with Gasteiger partial charge in [0.25, 0.3) is 17.8 Å². The van der Waals surface area contributed by atoms with E-state index < -0.39 is 35.5 Å². The molecule has 5 rings (SSSR count). The van der Waals surface area contributed by atoms with Crippen molar-refractivity contribution in [2.75, 3.05) is 30.0 Å². The molecule has 0 spiro atoms. The van der Waals surface area contributed by atoms with Gasteiger partial charge in [0.05, 0.1) is 31.0 Å². The van der Waals surface area contributed by atoms with Crippen molar-refractivity contribution in [3.8, 4) is 11.1 Å². The summed E-state index contributed by atoms with van der Waals surface area (Å²) in [5.74, 6) is -6.98. The fourth-order valence-corrected chi connectivity index (χ4v) is 4.69. The van der Waals surface area contributed by atoms with Gasteiger partial charge in [-0.3, -0.25) is 14.8 Å². The molecule has 194 valence electrons. The van der Waals surface area contributed by atoms with E-state index in [1.807, 2.05) is 6.92 Å². The average Bonchev–Trinajstić information content (AvgIpc) is 2.85. The normalized spacial score (nSPS) is 20.7. The van der Waals surface area contributed by atoms with Crippen LogP contribution in [0.5, 0.6) is 0 Å². The first-order valence-corrected chi connectivity index (χ1v) is 11.7. The summed E-state index contributed by atoms with van der Waals surface area (Å²) in [6.45, 7) is 2.74. The van der Waals surface area contributed by atoms with E-state index in [-0.39, 0.29) is 31.0 Å². The van der Waals surface area contributed by atoms with Crippen molar-refractivity contribution < 1.29 is 27.1 Å². The lowest BCUT2D eigenvalue weighted by molar-refractivity contribution is -0.123. The van der Waals surface area contributed by atoms with Crippen LogP contribution in [0, 0.1) is 6.92 Å². The quantitative estimate of drug-likeness (QED) is 0.497. The lowest BCUT2D eigenvalue weighted by Gasteiger charge is -2.52. The zero-order valence-corrected chi connectivity index (χ0v) is 20.2. The zero-order valence-electron chi connectivity index (χ0n) is 20.2. The molecule has 1 fully saturated rings. The Morgan fingerprint density at radius 2 is 1.97 bits per heavy atom. The number of pyridine rings is 2. The summed E-state index contributed by atoms with van der Waals surface area (Å²) in [5.41, 5.74) is 7.17. The van der Waals surface area contributed by atoms with Crippen LogP contribution in [0.2, 0.25) is 0 Å². The summed E-state index contributed by atoms with van der Waals surface area (Å²) in [7, 11) is 0. The van der Waals surface area contributed by atoms with Gasteiger partial charge in [-0.15, -0.1) is 0 Å². The monoisotopic (exact) mass is 515 g/mol. The SMILES string of the molecule is Cc1ccc(NC(=O)c2ccnc(C(C)(F)F)c2)cc1-c1cnc2c(c1)N1CCOCC1(N)C(F)(F)C2. The number of fused-ring (bicyclic) bond motifs is 3. The van der Waals surface area contributed by atoms with Crippen LogP contribution in [0.4, 0.5) is 28.9 Å². The molecule has 37 heavy (non-hydrogen) atoms. The largest absolute Gasteiger partial charge is 0.376 e. The molecule has 2 aromatic heterocycles. The number of nitrogens with one attached hydrogen (secondary N) is 1. The summed E-state index contributed by atoms with van der Waals surface area (Å²) in [4.78, 5) is 22.2. The molecule has 11 heteroatoms. The molecule has 1 aromatic carbocycles. The Morgan fingerprint density at radius 3 is 2.73 bits per heavy atom. The summed E-state index contributed by atoms with van der Waals surface area (Å²) < 4.78 is 62.4. The van der Waals surface area contributed by atoms with Gasteiger partial charge in [-0.25, -0.2) is 8.78 Å². The number of morpholine rings is 1. The van der Waals surface area contributed by atoms with Crippen molar-refractivity contribution in [2.24, 2.45) is 5.73 Å². The summed E-state index contributed by atoms with van der Waals surface area (Å²) in [6, 6.07) is 9.38. The number of nitrogens with zero attached hydrogens (tertiary/aromatic N) is 3. The number of alkyl halides is 4. The van der Waals surface area contributed by atoms with Crippen molar-refractivity contribution in [1.29, 1.82) is 0 Å². The molecule has 1 unspecified atom stereocenters. The van der Waals surface area contributed by atoms with Crippen LogP contribution >= 0.6 is 0 Å². The van der Waals surface area contributed by atoms with E-state index in [1.54, 1.807) is 24.3 Å². The van der Waals surface area contributed by atoms with Crippen LogP contribution in [-0.4, -0.2) is 47.2 Å². The van der Waals surface area contributed by atoms with E-state index in [1.165, 1.54) is 17.2 Å². The number of aryl methyl sites for hydroxylation is 1. The average molecular weight is 516 g/mol.